The summed E-state index contributed by atoms with van der Waals surface area (Å²) in [5.41, 5.74) is 5.93. The second-order valence-corrected chi connectivity index (χ2v) is 6.36. The van der Waals surface area contributed by atoms with Crippen LogP contribution in [0.2, 0.25) is 5.02 Å². The first kappa shape index (κ1) is 20.0. The van der Waals surface area contributed by atoms with Crippen molar-refractivity contribution < 1.29 is 9.72 Å². The van der Waals surface area contributed by atoms with E-state index in [2.05, 4.69) is 26.1 Å². The monoisotopic (exact) mass is 412 g/mol. The Balaban J connectivity index is 1.68. The highest BCUT2D eigenvalue weighted by Crippen LogP contribution is 2.28. The lowest BCUT2D eigenvalue weighted by molar-refractivity contribution is -0.383. The molecule has 3 aromatic rings. The van der Waals surface area contributed by atoms with Crippen molar-refractivity contribution in [2.75, 3.05) is 17.3 Å². The van der Waals surface area contributed by atoms with Crippen LogP contribution in [0.3, 0.4) is 0 Å². The van der Waals surface area contributed by atoms with Crippen molar-refractivity contribution in [2.45, 2.75) is 6.42 Å². The summed E-state index contributed by atoms with van der Waals surface area (Å²) < 4.78 is 0. The number of rotatable bonds is 8. The normalized spacial score (nSPS) is 10.2. The molecule has 1 aromatic heterocycles. The van der Waals surface area contributed by atoms with Crippen molar-refractivity contribution >= 4 is 34.8 Å². The Labute approximate surface area is 171 Å². The van der Waals surface area contributed by atoms with Gasteiger partial charge < -0.3 is 5.32 Å². The third-order valence-corrected chi connectivity index (χ3v) is 4.21. The molecule has 3 N–H and O–H groups in total. The molecule has 1 heterocycles. The minimum Gasteiger partial charge on any atom is -0.364 e. The first-order valence-corrected chi connectivity index (χ1v) is 9.01. The van der Waals surface area contributed by atoms with Crippen molar-refractivity contribution in [3.63, 3.8) is 0 Å². The van der Waals surface area contributed by atoms with Gasteiger partial charge in [0.1, 0.15) is 6.33 Å². The Morgan fingerprint density at radius 3 is 2.41 bits per heavy atom. The molecule has 0 aliphatic heterocycles. The lowest BCUT2D eigenvalue weighted by atomic mass is 10.1. The molecule has 3 rings (SSSR count). The summed E-state index contributed by atoms with van der Waals surface area (Å²) in [6.45, 7) is 0.443. The maximum Gasteiger partial charge on any atom is 0.354 e. The number of nitrogens with one attached hydrogen (secondary N) is 3. The van der Waals surface area contributed by atoms with E-state index in [1.54, 1.807) is 12.1 Å². The van der Waals surface area contributed by atoms with Gasteiger partial charge in [0.15, 0.2) is 0 Å². The second kappa shape index (κ2) is 9.47. The van der Waals surface area contributed by atoms with Gasteiger partial charge in [-0.2, -0.15) is 0 Å². The summed E-state index contributed by atoms with van der Waals surface area (Å²) >= 11 is 5.80. The quantitative estimate of drug-likeness (QED) is 0.382. The molecule has 0 saturated heterocycles. The first-order valence-electron chi connectivity index (χ1n) is 8.63. The molecule has 0 radical (unpaired) electrons. The van der Waals surface area contributed by atoms with Gasteiger partial charge in [-0.1, -0.05) is 41.9 Å². The molecule has 0 unspecified atom stereocenters. The number of nitro groups is 1. The number of aromatic nitrogens is 2. The standard InChI is InChI=1S/C19H17ClN6O3/c20-15-8-6-14(7-9-15)19(27)25-24-18-16(26(28)29)17(22-12-23-18)21-11-10-13-4-2-1-3-5-13/h1-9,12H,10-11H2,(H,25,27)(H2,21,22,23,24). The fourth-order valence-corrected chi connectivity index (χ4v) is 2.66. The fourth-order valence-electron chi connectivity index (χ4n) is 2.53. The van der Waals surface area contributed by atoms with E-state index in [0.29, 0.717) is 23.6 Å². The molecule has 0 fully saturated rings. The second-order valence-electron chi connectivity index (χ2n) is 5.92. The van der Waals surface area contributed by atoms with Crippen LogP contribution in [0.15, 0.2) is 60.9 Å². The van der Waals surface area contributed by atoms with Crippen LogP contribution in [0.1, 0.15) is 15.9 Å². The lowest BCUT2D eigenvalue weighted by Gasteiger charge is -2.11. The van der Waals surface area contributed by atoms with Gasteiger partial charge in [-0.05, 0) is 36.2 Å². The van der Waals surface area contributed by atoms with E-state index in [-0.39, 0.29) is 17.3 Å². The number of halogens is 1. The van der Waals surface area contributed by atoms with Gasteiger partial charge in [0.25, 0.3) is 5.91 Å². The number of carbonyl (C=O) groups excluding carboxylic acids is 1. The molecule has 9 nitrogen and oxygen atoms in total. The van der Waals surface area contributed by atoms with Crippen LogP contribution in [0.25, 0.3) is 0 Å². The van der Waals surface area contributed by atoms with Crippen molar-refractivity contribution in [3.8, 4) is 0 Å². The van der Waals surface area contributed by atoms with E-state index in [1.165, 1.54) is 18.5 Å². The molecule has 2 aromatic carbocycles. The number of amides is 1. The third-order valence-electron chi connectivity index (χ3n) is 3.95. The van der Waals surface area contributed by atoms with E-state index in [4.69, 9.17) is 11.6 Å². The Morgan fingerprint density at radius 2 is 1.72 bits per heavy atom. The molecule has 1 amide bonds. The number of nitrogens with zero attached hydrogens (tertiary/aromatic N) is 3. The molecule has 0 aliphatic rings. The Hall–Kier alpha value is -3.72. The Kier molecular flexibility index (Phi) is 6.54. The summed E-state index contributed by atoms with van der Waals surface area (Å²) in [6, 6.07) is 15.9. The van der Waals surface area contributed by atoms with Gasteiger partial charge in [0.05, 0.1) is 4.92 Å². The minimum atomic E-state index is -0.609. The summed E-state index contributed by atoms with van der Waals surface area (Å²) in [5.74, 6) is -0.563. The van der Waals surface area contributed by atoms with E-state index >= 15 is 0 Å². The van der Waals surface area contributed by atoms with Gasteiger partial charge in [-0.15, -0.1) is 0 Å². The highest BCUT2D eigenvalue weighted by molar-refractivity contribution is 6.30. The van der Waals surface area contributed by atoms with Crippen LogP contribution in [-0.4, -0.2) is 27.3 Å². The van der Waals surface area contributed by atoms with Crippen molar-refractivity contribution in [3.05, 3.63) is 87.2 Å². The van der Waals surface area contributed by atoms with Gasteiger partial charge in [0.2, 0.25) is 11.6 Å². The molecule has 0 bridgehead atoms. The number of hydrazine groups is 1. The van der Waals surface area contributed by atoms with E-state index in [0.717, 1.165) is 5.56 Å². The van der Waals surface area contributed by atoms with E-state index < -0.39 is 10.8 Å². The fraction of sp³-hybridized carbons (Fsp3) is 0.105. The largest absolute Gasteiger partial charge is 0.364 e. The zero-order chi connectivity index (χ0) is 20.6. The molecule has 148 valence electrons. The van der Waals surface area contributed by atoms with Crippen LogP contribution >= 0.6 is 11.6 Å². The van der Waals surface area contributed by atoms with Gasteiger partial charge >= 0.3 is 5.69 Å². The zero-order valence-electron chi connectivity index (χ0n) is 15.1. The maximum atomic E-state index is 12.2. The molecule has 0 saturated carbocycles. The average Bonchev–Trinajstić information content (AvgIpc) is 2.73. The van der Waals surface area contributed by atoms with Crippen molar-refractivity contribution in [1.29, 1.82) is 0 Å². The smallest absolute Gasteiger partial charge is 0.354 e. The summed E-state index contributed by atoms with van der Waals surface area (Å²) in [4.78, 5) is 30.9. The predicted octanol–water partition coefficient (Wildman–Crippen LogP) is 3.45. The van der Waals surface area contributed by atoms with Crippen LogP contribution in [0.4, 0.5) is 17.3 Å². The van der Waals surface area contributed by atoms with E-state index in [9.17, 15) is 14.9 Å². The lowest BCUT2D eigenvalue weighted by Crippen LogP contribution is -2.30. The number of hydrogen-bond donors (Lipinski definition) is 3. The van der Waals surface area contributed by atoms with Crippen molar-refractivity contribution in [1.82, 2.24) is 15.4 Å². The number of carbonyl (C=O) groups is 1. The van der Waals surface area contributed by atoms with Crippen LogP contribution in [0.5, 0.6) is 0 Å². The van der Waals surface area contributed by atoms with Gasteiger partial charge in [-0.25, -0.2) is 9.97 Å². The molecule has 29 heavy (non-hydrogen) atoms. The van der Waals surface area contributed by atoms with Gasteiger partial charge in [0, 0.05) is 17.1 Å². The highest BCUT2D eigenvalue weighted by atomic mass is 35.5. The summed E-state index contributed by atoms with van der Waals surface area (Å²) in [5, 5.41) is 15.0. The summed E-state index contributed by atoms with van der Waals surface area (Å²) in [6.07, 6.45) is 1.84. The SMILES string of the molecule is O=C(NNc1ncnc(NCCc2ccccc2)c1[N+](=O)[O-])c1ccc(Cl)cc1. The molecule has 0 aliphatic carbocycles. The number of hydrogen-bond acceptors (Lipinski definition) is 7. The highest BCUT2D eigenvalue weighted by Gasteiger charge is 2.23. The molecule has 0 atom stereocenters. The zero-order valence-corrected chi connectivity index (χ0v) is 15.9. The third kappa shape index (κ3) is 5.39. The number of anilines is 2. The first-order chi connectivity index (χ1) is 14.0. The molecule has 10 heteroatoms. The predicted molar refractivity (Wildman–Crippen MR) is 110 cm³/mol. The van der Waals surface area contributed by atoms with Gasteiger partial charge in [-0.3, -0.25) is 25.8 Å². The summed E-state index contributed by atoms with van der Waals surface area (Å²) in [7, 11) is 0. The van der Waals surface area contributed by atoms with Crippen LogP contribution in [-0.2, 0) is 6.42 Å². The van der Waals surface area contributed by atoms with Crippen LogP contribution in [0, 0.1) is 10.1 Å². The van der Waals surface area contributed by atoms with Crippen molar-refractivity contribution in [2.24, 2.45) is 0 Å². The number of benzene rings is 2. The van der Waals surface area contributed by atoms with E-state index in [1.807, 2.05) is 30.3 Å². The molecular formula is C19H17ClN6O3. The topological polar surface area (TPSA) is 122 Å². The van der Waals surface area contributed by atoms with Crippen LogP contribution < -0.4 is 16.2 Å². The average molecular weight is 413 g/mol. The minimum absolute atomic E-state index is 0.0594. The maximum absolute atomic E-state index is 12.2. The Morgan fingerprint density at radius 1 is 1.03 bits per heavy atom. The Bertz CT molecular complexity index is 999. The molecule has 0 spiro atoms. The molecular weight excluding hydrogens is 396 g/mol.